The van der Waals surface area contributed by atoms with Crippen molar-refractivity contribution in [2.24, 2.45) is 0 Å². The Morgan fingerprint density at radius 2 is 2.10 bits per heavy atom. The van der Waals surface area contributed by atoms with E-state index in [0.717, 1.165) is 10.4 Å². The predicted molar refractivity (Wildman–Crippen MR) is 37.0 cm³/mol. The number of fused-ring (bicyclic) bond motifs is 1. The molecule has 3 N–H and O–H groups in total. The van der Waals surface area contributed by atoms with Crippen LogP contribution in [0.1, 0.15) is 0 Å². The highest BCUT2D eigenvalue weighted by Crippen LogP contribution is 2.13. The van der Waals surface area contributed by atoms with Crippen molar-refractivity contribution >= 4 is 11.2 Å². The molecule has 2 aromatic heterocycles. The molecule has 0 spiro atoms. The third-order valence-electron chi connectivity index (χ3n) is 1.52. The van der Waals surface area contributed by atoms with Crippen molar-refractivity contribution in [3.05, 3.63) is 24.5 Å². The minimum absolute atomic E-state index is 0.674. The molecule has 4 heteroatoms. The Morgan fingerprint density at radius 3 is 2.80 bits per heavy atom. The fourth-order valence-electron chi connectivity index (χ4n) is 1.01. The van der Waals surface area contributed by atoms with E-state index in [4.69, 9.17) is 10.9 Å². The summed E-state index contributed by atoms with van der Waals surface area (Å²) in [7, 11) is 0. The molecule has 0 saturated heterocycles. The first-order valence-electron chi connectivity index (χ1n) is 2.92. The Balaban J connectivity index is 2.95. The minimum Gasteiger partial charge on any atom is -0.413 e. The van der Waals surface area contributed by atoms with Crippen molar-refractivity contribution in [1.82, 2.24) is 9.36 Å². The summed E-state index contributed by atoms with van der Waals surface area (Å²) in [5, 5.41) is 9.05. The summed E-state index contributed by atoms with van der Waals surface area (Å²) >= 11 is 0. The zero-order chi connectivity index (χ0) is 7.14. The molecule has 4 nitrogen and oxygen atoms in total. The molecular weight excluding hydrogens is 130 g/mol. The number of hydrogen-bond donors (Lipinski definition) is 2. The van der Waals surface area contributed by atoms with Gasteiger partial charge in [0, 0.05) is 6.20 Å². The van der Waals surface area contributed by atoms with E-state index < -0.39 is 0 Å². The topological polar surface area (TPSA) is 55.6 Å². The van der Waals surface area contributed by atoms with E-state index in [1.54, 1.807) is 22.8 Å². The van der Waals surface area contributed by atoms with Gasteiger partial charge >= 0.3 is 0 Å². The number of rotatable bonds is 0. The molecule has 0 atom stereocenters. The highest BCUT2D eigenvalue weighted by atomic mass is 16.5. The summed E-state index contributed by atoms with van der Waals surface area (Å²) in [6.07, 6.45) is 3.23. The third-order valence-corrected chi connectivity index (χ3v) is 1.52. The zero-order valence-electron chi connectivity index (χ0n) is 5.23. The lowest BCUT2D eigenvalue weighted by atomic mass is 10.4. The molecule has 0 bridgehead atoms. The Labute approximate surface area is 57.0 Å². The van der Waals surface area contributed by atoms with Crippen molar-refractivity contribution in [3.8, 4) is 0 Å². The molecule has 0 aliphatic carbocycles. The second-order valence-corrected chi connectivity index (χ2v) is 2.14. The first kappa shape index (κ1) is 5.22. The van der Waals surface area contributed by atoms with E-state index in [0.29, 0.717) is 5.69 Å². The smallest absolute Gasteiger partial charge is 0.0904 e. The van der Waals surface area contributed by atoms with Gasteiger partial charge in [-0.1, -0.05) is 0 Å². The van der Waals surface area contributed by atoms with Gasteiger partial charge in [-0.05, 0) is 12.1 Å². The molecule has 2 rings (SSSR count). The summed E-state index contributed by atoms with van der Waals surface area (Å²) in [6, 6.07) is 3.48. The summed E-state index contributed by atoms with van der Waals surface area (Å²) in [5.41, 5.74) is 7.04. The standard InChI is InChI=1S/C6H7N3O/c7-5-1-3-8-6(5)2-4-9(8)10/h1-4,10H,7H2. The van der Waals surface area contributed by atoms with Crippen LogP contribution in [-0.2, 0) is 0 Å². The molecular formula is C6H7N3O. The molecule has 0 unspecified atom stereocenters. The fraction of sp³-hybridized carbons (Fsp3) is 0. The second-order valence-electron chi connectivity index (χ2n) is 2.14. The minimum atomic E-state index is 0.674. The maximum Gasteiger partial charge on any atom is 0.0904 e. The maximum absolute atomic E-state index is 9.05. The Morgan fingerprint density at radius 1 is 1.30 bits per heavy atom. The number of nitrogen functional groups attached to an aromatic ring is 1. The number of aromatic nitrogens is 2. The van der Waals surface area contributed by atoms with Crippen LogP contribution in [-0.4, -0.2) is 14.6 Å². The van der Waals surface area contributed by atoms with Gasteiger partial charge in [0.05, 0.1) is 17.4 Å². The van der Waals surface area contributed by atoms with Crippen LogP contribution in [0.4, 0.5) is 5.69 Å². The van der Waals surface area contributed by atoms with Crippen molar-refractivity contribution < 1.29 is 5.21 Å². The second kappa shape index (κ2) is 1.47. The Hall–Kier alpha value is -1.58. The molecule has 0 aliphatic heterocycles. The summed E-state index contributed by atoms with van der Waals surface area (Å²) in [5.74, 6) is 0. The third kappa shape index (κ3) is 0.452. The summed E-state index contributed by atoms with van der Waals surface area (Å²) in [6.45, 7) is 0. The molecule has 2 aromatic rings. The van der Waals surface area contributed by atoms with Gasteiger partial charge in [0.2, 0.25) is 0 Å². The molecule has 0 aliphatic rings. The molecule has 0 aromatic carbocycles. The Bertz CT molecular complexity index is 324. The monoisotopic (exact) mass is 137 g/mol. The first-order valence-corrected chi connectivity index (χ1v) is 2.92. The predicted octanol–water partition coefficient (Wildman–Crippen LogP) is 0.560. The van der Waals surface area contributed by atoms with Gasteiger partial charge in [0.15, 0.2) is 0 Å². The highest BCUT2D eigenvalue weighted by molar-refractivity contribution is 5.69. The van der Waals surface area contributed by atoms with Crippen LogP contribution in [0.3, 0.4) is 0 Å². The molecule has 0 saturated carbocycles. The summed E-state index contributed by atoms with van der Waals surface area (Å²) < 4.78 is 1.55. The van der Waals surface area contributed by atoms with E-state index in [1.165, 1.54) is 6.20 Å². The van der Waals surface area contributed by atoms with Crippen LogP contribution in [0, 0.1) is 0 Å². The SMILES string of the molecule is Nc1ccn2c1ccn2O. The van der Waals surface area contributed by atoms with E-state index in [1.807, 2.05) is 0 Å². The molecule has 0 radical (unpaired) electrons. The highest BCUT2D eigenvalue weighted by Gasteiger charge is 1.99. The van der Waals surface area contributed by atoms with E-state index >= 15 is 0 Å². The average Bonchev–Trinajstić information content (AvgIpc) is 2.41. The van der Waals surface area contributed by atoms with Crippen molar-refractivity contribution in [2.75, 3.05) is 5.73 Å². The van der Waals surface area contributed by atoms with Gasteiger partial charge in [-0.3, -0.25) is 0 Å². The van der Waals surface area contributed by atoms with Crippen LogP contribution in [0.25, 0.3) is 5.52 Å². The lowest BCUT2D eigenvalue weighted by Crippen LogP contribution is -1.95. The van der Waals surface area contributed by atoms with Crippen molar-refractivity contribution in [1.29, 1.82) is 0 Å². The van der Waals surface area contributed by atoms with Crippen LogP contribution in [0.5, 0.6) is 0 Å². The number of hydrogen-bond acceptors (Lipinski definition) is 2. The zero-order valence-corrected chi connectivity index (χ0v) is 5.23. The van der Waals surface area contributed by atoms with Gasteiger partial charge in [0.1, 0.15) is 0 Å². The van der Waals surface area contributed by atoms with Crippen LogP contribution >= 0.6 is 0 Å². The average molecular weight is 137 g/mol. The Kier molecular flexibility index (Phi) is 0.768. The maximum atomic E-state index is 9.05. The van der Waals surface area contributed by atoms with Crippen molar-refractivity contribution in [3.63, 3.8) is 0 Å². The normalized spacial score (nSPS) is 10.8. The van der Waals surface area contributed by atoms with Crippen LogP contribution in [0.15, 0.2) is 24.5 Å². The van der Waals surface area contributed by atoms with Crippen LogP contribution < -0.4 is 5.73 Å². The van der Waals surface area contributed by atoms with Gasteiger partial charge in [-0.15, -0.1) is 4.85 Å². The number of nitrogens with two attached hydrogens (primary N) is 1. The lowest BCUT2D eigenvalue weighted by molar-refractivity contribution is 0.137. The number of anilines is 1. The number of nitrogens with zero attached hydrogens (tertiary/aromatic N) is 2. The summed E-state index contributed by atoms with van der Waals surface area (Å²) in [4.78, 5) is 0.978. The first-order chi connectivity index (χ1) is 4.79. The van der Waals surface area contributed by atoms with Gasteiger partial charge in [-0.2, -0.15) is 0 Å². The van der Waals surface area contributed by atoms with Gasteiger partial charge in [-0.25, -0.2) is 4.52 Å². The lowest BCUT2D eigenvalue weighted by Gasteiger charge is -1.90. The van der Waals surface area contributed by atoms with Crippen molar-refractivity contribution in [2.45, 2.75) is 0 Å². The molecule has 52 valence electrons. The van der Waals surface area contributed by atoms with Crippen LogP contribution in [0.2, 0.25) is 0 Å². The van der Waals surface area contributed by atoms with E-state index in [-0.39, 0.29) is 0 Å². The fourth-order valence-corrected chi connectivity index (χ4v) is 1.01. The van der Waals surface area contributed by atoms with E-state index in [2.05, 4.69) is 0 Å². The van der Waals surface area contributed by atoms with E-state index in [9.17, 15) is 0 Å². The molecule has 0 amide bonds. The largest absolute Gasteiger partial charge is 0.413 e. The molecule has 2 heterocycles. The van der Waals surface area contributed by atoms with Gasteiger partial charge < -0.3 is 10.9 Å². The quantitative estimate of drug-likeness (QED) is 0.521. The van der Waals surface area contributed by atoms with Gasteiger partial charge in [0.25, 0.3) is 0 Å². The molecule has 10 heavy (non-hydrogen) atoms. The molecule has 0 fully saturated rings.